The minimum absolute atomic E-state index is 0.0198. The maximum atomic E-state index is 13.5. The molecule has 1 aromatic rings. The Balaban J connectivity index is 2.23. The van der Waals surface area contributed by atoms with Gasteiger partial charge in [0, 0.05) is 18.0 Å². The van der Waals surface area contributed by atoms with Gasteiger partial charge in [-0.1, -0.05) is 57.7 Å². The molecular formula is C27H36N2O5Si. The first-order chi connectivity index (χ1) is 16.4. The number of ether oxygens (including phenoxy) is 1. The molecule has 2 atom stereocenters. The number of fused-ring (bicyclic) bond motifs is 3. The molecule has 0 fully saturated rings. The van der Waals surface area contributed by atoms with E-state index >= 15 is 0 Å². The molecule has 0 saturated heterocycles. The summed E-state index contributed by atoms with van der Waals surface area (Å²) in [5.74, 6) is -0.318. The number of aliphatic hydroxyl groups excluding tert-OH is 1. The van der Waals surface area contributed by atoms with Crippen LogP contribution in [0.25, 0.3) is 0 Å². The summed E-state index contributed by atoms with van der Waals surface area (Å²) in [5, 5.41) is 10.4. The van der Waals surface area contributed by atoms with Gasteiger partial charge in [-0.2, -0.15) is 0 Å². The average molecular weight is 497 g/mol. The fourth-order valence-electron chi connectivity index (χ4n) is 3.82. The van der Waals surface area contributed by atoms with E-state index in [0.29, 0.717) is 12.0 Å². The number of nitrogens with zero attached hydrogens (tertiary/aromatic N) is 2. The number of anilines is 1. The fourth-order valence-corrected chi connectivity index (χ4v) is 5.05. The van der Waals surface area contributed by atoms with Crippen LogP contribution in [0.2, 0.25) is 18.1 Å². The summed E-state index contributed by atoms with van der Waals surface area (Å²) in [6.07, 6.45) is 6.44. The molecule has 1 unspecified atom stereocenters. The number of benzene rings is 1. The Morgan fingerprint density at radius 2 is 1.91 bits per heavy atom. The predicted molar refractivity (Wildman–Crippen MR) is 140 cm³/mol. The first-order valence-electron chi connectivity index (χ1n) is 11.8. The monoisotopic (exact) mass is 496 g/mol. The zero-order valence-electron chi connectivity index (χ0n) is 21.4. The number of rotatable bonds is 4. The second-order valence-electron chi connectivity index (χ2n) is 10.4. The first-order valence-corrected chi connectivity index (χ1v) is 14.7. The summed E-state index contributed by atoms with van der Waals surface area (Å²) in [6.45, 7) is 15.9. The van der Waals surface area contributed by atoms with Crippen LogP contribution in [0.3, 0.4) is 0 Å². The number of para-hydroxylation sites is 1. The maximum Gasteiger partial charge on any atom is 0.416 e. The van der Waals surface area contributed by atoms with E-state index in [1.807, 2.05) is 24.3 Å². The van der Waals surface area contributed by atoms with Gasteiger partial charge in [-0.05, 0) is 54.8 Å². The minimum atomic E-state index is -2.44. The molecule has 2 amide bonds. The van der Waals surface area contributed by atoms with Crippen LogP contribution >= 0.6 is 0 Å². The van der Waals surface area contributed by atoms with E-state index < -0.39 is 26.7 Å². The van der Waals surface area contributed by atoms with Gasteiger partial charge in [0.25, 0.3) is 5.91 Å². The summed E-state index contributed by atoms with van der Waals surface area (Å²) in [7, 11) is -2.44. The van der Waals surface area contributed by atoms with Crippen molar-refractivity contribution in [1.82, 2.24) is 4.90 Å². The number of amides is 2. The lowest BCUT2D eigenvalue weighted by molar-refractivity contribution is -0.115. The van der Waals surface area contributed by atoms with Crippen molar-refractivity contribution >= 4 is 26.0 Å². The van der Waals surface area contributed by atoms with Gasteiger partial charge in [-0.25, -0.2) is 4.79 Å². The van der Waals surface area contributed by atoms with E-state index in [1.54, 1.807) is 17.9 Å². The van der Waals surface area contributed by atoms with Gasteiger partial charge in [0.2, 0.25) is 0 Å². The van der Waals surface area contributed by atoms with Crippen LogP contribution in [0.4, 0.5) is 10.5 Å². The number of carbonyl (C=O) groups excluding carboxylic acids is 2. The molecule has 35 heavy (non-hydrogen) atoms. The van der Waals surface area contributed by atoms with Crippen molar-refractivity contribution in [1.29, 1.82) is 0 Å². The van der Waals surface area contributed by atoms with Crippen molar-refractivity contribution in [2.45, 2.75) is 64.5 Å². The molecule has 0 bridgehead atoms. The molecule has 3 rings (SSSR count). The Morgan fingerprint density at radius 3 is 2.57 bits per heavy atom. The quantitative estimate of drug-likeness (QED) is 0.419. The topological polar surface area (TPSA) is 79.3 Å². The molecule has 0 aliphatic carbocycles. The van der Waals surface area contributed by atoms with Crippen molar-refractivity contribution < 1.29 is 23.9 Å². The highest BCUT2D eigenvalue weighted by Crippen LogP contribution is 2.41. The first kappa shape index (κ1) is 26.5. The van der Waals surface area contributed by atoms with Gasteiger partial charge in [0.15, 0.2) is 14.5 Å². The normalized spacial score (nSPS) is 24.8. The number of aliphatic hydroxyl groups is 1. The largest absolute Gasteiger partial charge is 0.508 e. The Kier molecular flexibility index (Phi) is 7.76. The average Bonchev–Trinajstić information content (AvgIpc) is 3.17. The third-order valence-electron chi connectivity index (χ3n) is 6.88. The van der Waals surface area contributed by atoms with E-state index in [2.05, 4.69) is 40.4 Å². The highest BCUT2D eigenvalue weighted by Gasteiger charge is 2.48. The van der Waals surface area contributed by atoms with Gasteiger partial charge in [0.05, 0.1) is 6.04 Å². The molecule has 188 valence electrons. The molecule has 0 aromatic heterocycles. The molecule has 8 heteroatoms. The number of hydrogen-bond donors (Lipinski definition) is 1. The lowest BCUT2D eigenvalue weighted by Crippen LogP contribution is -2.58. The summed E-state index contributed by atoms with van der Waals surface area (Å²) in [6, 6.07) is 7.22. The Bertz CT molecular complexity index is 1080. The van der Waals surface area contributed by atoms with Crippen molar-refractivity contribution in [2.75, 3.05) is 11.5 Å². The Hall–Kier alpha value is -3.10. The summed E-state index contributed by atoms with van der Waals surface area (Å²) < 4.78 is 12.3. The number of carbonyl (C=O) groups is 2. The zero-order valence-corrected chi connectivity index (χ0v) is 22.4. The van der Waals surface area contributed by atoms with Gasteiger partial charge >= 0.3 is 6.09 Å². The molecule has 1 aromatic carbocycles. The van der Waals surface area contributed by atoms with Crippen molar-refractivity contribution in [3.8, 4) is 0 Å². The smallest absolute Gasteiger partial charge is 0.416 e. The second kappa shape index (κ2) is 10.3. The van der Waals surface area contributed by atoms with Crippen LogP contribution in [0.1, 0.15) is 33.3 Å². The van der Waals surface area contributed by atoms with Gasteiger partial charge in [0.1, 0.15) is 12.4 Å². The van der Waals surface area contributed by atoms with E-state index in [-0.39, 0.29) is 23.3 Å². The number of hydrogen-bond acceptors (Lipinski definition) is 5. The van der Waals surface area contributed by atoms with Crippen LogP contribution in [0, 0.1) is 0 Å². The predicted octanol–water partition coefficient (Wildman–Crippen LogP) is 5.83. The summed E-state index contributed by atoms with van der Waals surface area (Å²) in [5.41, 5.74) is 2.27. The maximum absolute atomic E-state index is 13.5. The van der Waals surface area contributed by atoms with E-state index in [9.17, 15) is 14.7 Å². The van der Waals surface area contributed by atoms with Gasteiger partial charge in [-0.3, -0.25) is 9.69 Å². The van der Waals surface area contributed by atoms with E-state index in [4.69, 9.17) is 9.16 Å². The molecule has 0 saturated carbocycles. The molecule has 7 nitrogen and oxygen atoms in total. The minimum Gasteiger partial charge on any atom is -0.508 e. The molecular weight excluding hydrogens is 460 g/mol. The van der Waals surface area contributed by atoms with Gasteiger partial charge < -0.3 is 19.2 Å². The van der Waals surface area contributed by atoms with Crippen LogP contribution in [0.15, 0.2) is 72.7 Å². The standard InChI is InChI=1S/C27H36N2O5Si/c1-8-17-33-26(32)28-16-15-23(30)19(2)13-14-24(31)29-21-12-10-9-11-20(21)18-22(29)25(28)34-35(6,7)27(3,4)5/h8-16,22,25,30H,1,17-18H2,2-7H3/b14-13+,16-15+,23-19+/t22-,25?/m0/s1. The third-order valence-corrected chi connectivity index (χ3v) is 11.3. The molecule has 2 aliphatic heterocycles. The van der Waals surface area contributed by atoms with Crippen LogP contribution in [-0.4, -0.2) is 49.2 Å². The lowest BCUT2D eigenvalue weighted by atomic mass is 10.1. The van der Waals surface area contributed by atoms with Crippen molar-refractivity contribution in [2.24, 2.45) is 0 Å². The molecule has 0 spiro atoms. The Labute approximate surface area is 209 Å². The Morgan fingerprint density at radius 1 is 1.23 bits per heavy atom. The highest BCUT2D eigenvalue weighted by molar-refractivity contribution is 6.74. The number of allylic oxidation sites excluding steroid dienone is 3. The van der Waals surface area contributed by atoms with Gasteiger partial charge in [-0.15, -0.1) is 0 Å². The molecule has 2 aliphatic rings. The van der Waals surface area contributed by atoms with Crippen molar-refractivity contribution in [3.63, 3.8) is 0 Å². The summed E-state index contributed by atoms with van der Waals surface area (Å²) in [4.78, 5) is 29.9. The highest BCUT2D eigenvalue weighted by atomic mass is 28.4. The lowest BCUT2D eigenvalue weighted by Gasteiger charge is -2.44. The van der Waals surface area contributed by atoms with E-state index in [0.717, 1.165) is 11.3 Å². The van der Waals surface area contributed by atoms with Crippen LogP contribution in [-0.2, 0) is 20.4 Å². The zero-order chi connectivity index (χ0) is 26.0. The fraction of sp³-hybridized carbons (Fsp3) is 0.407. The van der Waals surface area contributed by atoms with Crippen molar-refractivity contribution in [3.05, 3.63) is 78.2 Å². The molecule has 2 heterocycles. The van der Waals surface area contributed by atoms with E-state index in [1.165, 1.54) is 29.3 Å². The van der Waals surface area contributed by atoms with Crippen LogP contribution < -0.4 is 4.90 Å². The van der Waals surface area contributed by atoms with Crippen LogP contribution in [0.5, 0.6) is 0 Å². The molecule has 1 N–H and O–H groups in total. The third kappa shape index (κ3) is 5.60. The SMILES string of the molecule is C=CCOC(=O)N1/C=C/C(O)=C(C)\C=C\C(=O)N2c3ccccc3C[C@H]2C1O[Si](C)(C)C(C)(C)C. The molecule has 0 radical (unpaired) electrons. The summed E-state index contributed by atoms with van der Waals surface area (Å²) >= 11 is 0. The second-order valence-corrected chi connectivity index (χ2v) is 15.1.